The van der Waals surface area contributed by atoms with E-state index >= 15 is 0 Å². The lowest BCUT2D eigenvalue weighted by Crippen LogP contribution is -2.24. The van der Waals surface area contributed by atoms with Crippen molar-refractivity contribution in [3.05, 3.63) is 23.6 Å². The molecule has 0 aromatic carbocycles. The molecule has 0 radical (unpaired) electrons. The summed E-state index contributed by atoms with van der Waals surface area (Å²) in [5.74, 6) is 0. The van der Waals surface area contributed by atoms with Gasteiger partial charge in [0.15, 0.2) is 5.49 Å². The lowest BCUT2D eigenvalue weighted by molar-refractivity contribution is -0.0435. The molecule has 1 aliphatic heterocycles. The zero-order chi connectivity index (χ0) is 14.3. The summed E-state index contributed by atoms with van der Waals surface area (Å²) in [6.07, 6.45) is 1.36. The predicted octanol–water partition coefficient (Wildman–Crippen LogP) is -0.644. The number of aromatic amines is 1. The summed E-state index contributed by atoms with van der Waals surface area (Å²) in [7, 11) is 0. The van der Waals surface area contributed by atoms with E-state index in [1.165, 1.54) is 12.5 Å². The Bertz CT molecular complexity index is 744. The van der Waals surface area contributed by atoms with Crippen molar-refractivity contribution in [3.63, 3.8) is 0 Å². The van der Waals surface area contributed by atoms with Crippen molar-refractivity contribution in [2.75, 3.05) is 6.61 Å². The van der Waals surface area contributed by atoms with E-state index in [0.717, 1.165) is 0 Å². The Morgan fingerprint density at radius 2 is 2.45 bits per heavy atom. The average Bonchev–Trinajstić information content (AvgIpc) is 3.03. The van der Waals surface area contributed by atoms with Crippen molar-refractivity contribution in [1.82, 2.24) is 14.5 Å². The smallest absolute Gasteiger partial charge is 0.158 e. The highest BCUT2D eigenvalue weighted by Crippen LogP contribution is 2.30. The molecule has 8 nitrogen and oxygen atoms in total. The van der Waals surface area contributed by atoms with Gasteiger partial charge in [0.05, 0.1) is 23.7 Å². The third kappa shape index (κ3) is 1.80. The number of hydrogen-bond donors (Lipinski definition) is 4. The number of rotatable bonds is 2. The number of ether oxygens (including phenoxy) is 1. The zero-order valence-electron chi connectivity index (χ0n) is 10.4. The van der Waals surface area contributed by atoms with E-state index in [0.29, 0.717) is 23.0 Å². The largest absolute Gasteiger partial charge is 0.394 e. The molecule has 2 aromatic rings. The first-order chi connectivity index (χ1) is 9.65. The summed E-state index contributed by atoms with van der Waals surface area (Å²) in [6.45, 7) is -0.264. The Labute approximate surface area is 113 Å². The maximum absolute atomic E-state index is 9.78. The normalized spacial score (nSPS) is 25.9. The SMILES string of the molecule is N#Cc1c[nH]c2c1c(=N)ncn2[C@H]1C[C@H](O)[C@@H](CO)O1. The van der Waals surface area contributed by atoms with Crippen LogP contribution in [0.5, 0.6) is 0 Å². The summed E-state index contributed by atoms with van der Waals surface area (Å²) in [6, 6.07) is 2.00. The molecule has 3 atom stereocenters. The lowest BCUT2D eigenvalue weighted by atomic mass is 10.2. The molecule has 0 saturated carbocycles. The van der Waals surface area contributed by atoms with Crippen molar-refractivity contribution in [3.8, 4) is 6.07 Å². The fourth-order valence-corrected chi connectivity index (χ4v) is 2.45. The molecule has 0 amide bonds. The van der Waals surface area contributed by atoms with Crippen molar-refractivity contribution in [1.29, 1.82) is 10.7 Å². The molecule has 3 rings (SSSR count). The molecule has 1 aliphatic rings. The summed E-state index contributed by atoms with van der Waals surface area (Å²) in [5, 5.41) is 36.1. The summed E-state index contributed by atoms with van der Waals surface area (Å²) < 4.78 is 7.19. The lowest BCUT2D eigenvalue weighted by Gasteiger charge is -2.16. The standard InChI is InChI=1S/C12H13N5O3/c13-2-6-3-15-12-10(6)11(14)16-5-17(12)9-1-7(19)8(4-18)20-9/h3,5,7-9,14-15,18-19H,1,4H2/t7-,8+,9+/m0/s1. The Kier molecular flexibility index (Phi) is 3.02. The van der Waals surface area contributed by atoms with Crippen LogP contribution in [0.4, 0.5) is 0 Å². The molecule has 0 aliphatic carbocycles. The van der Waals surface area contributed by atoms with Crippen molar-refractivity contribution >= 4 is 11.0 Å². The highest BCUT2D eigenvalue weighted by Gasteiger charge is 2.35. The van der Waals surface area contributed by atoms with Gasteiger partial charge in [0.2, 0.25) is 0 Å². The van der Waals surface area contributed by atoms with Gasteiger partial charge in [-0.2, -0.15) is 5.26 Å². The maximum Gasteiger partial charge on any atom is 0.158 e. The fraction of sp³-hybridized carbons (Fsp3) is 0.417. The van der Waals surface area contributed by atoms with E-state index in [4.69, 9.17) is 20.5 Å². The van der Waals surface area contributed by atoms with Crippen LogP contribution in [0.3, 0.4) is 0 Å². The van der Waals surface area contributed by atoms with E-state index in [9.17, 15) is 5.11 Å². The molecule has 0 bridgehead atoms. The average molecular weight is 275 g/mol. The van der Waals surface area contributed by atoms with Crippen molar-refractivity contribution in [2.24, 2.45) is 0 Å². The summed E-state index contributed by atoms with van der Waals surface area (Å²) in [5.41, 5.74) is 0.882. The number of nitrogens with zero attached hydrogens (tertiary/aromatic N) is 3. The van der Waals surface area contributed by atoms with Crippen LogP contribution >= 0.6 is 0 Å². The van der Waals surface area contributed by atoms with Gasteiger partial charge in [0, 0.05) is 12.6 Å². The second-order valence-electron chi connectivity index (χ2n) is 4.65. The second kappa shape index (κ2) is 4.72. The number of aliphatic hydroxyl groups excluding tert-OH is 2. The van der Waals surface area contributed by atoms with Crippen LogP contribution in [0.25, 0.3) is 11.0 Å². The molecule has 104 valence electrons. The molecule has 4 N–H and O–H groups in total. The number of H-pyrrole nitrogens is 1. The van der Waals surface area contributed by atoms with Crippen molar-refractivity contribution in [2.45, 2.75) is 24.9 Å². The quantitative estimate of drug-likeness (QED) is 0.578. The maximum atomic E-state index is 9.78. The number of nitriles is 1. The number of aliphatic hydroxyl groups is 2. The first kappa shape index (κ1) is 12.8. The fourth-order valence-electron chi connectivity index (χ4n) is 2.45. The van der Waals surface area contributed by atoms with Gasteiger partial charge in [-0.05, 0) is 0 Å². The van der Waals surface area contributed by atoms with Gasteiger partial charge in [-0.15, -0.1) is 0 Å². The third-order valence-corrected chi connectivity index (χ3v) is 3.48. The van der Waals surface area contributed by atoms with E-state index in [1.54, 1.807) is 4.57 Å². The first-order valence-electron chi connectivity index (χ1n) is 6.13. The van der Waals surface area contributed by atoms with Gasteiger partial charge in [-0.25, -0.2) is 4.98 Å². The molecule has 0 unspecified atom stereocenters. The van der Waals surface area contributed by atoms with Gasteiger partial charge in [0.25, 0.3) is 0 Å². The van der Waals surface area contributed by atoms with Crippen LogP contribution in [0, 0.1) is 16.7 Å². The van der Waals surface area contributed by atoms with Crippen LogP contribution in [0.1, 0.15) is 18.2 Å². The molecular weight excluding hydrogens is 262 g/mol. The van der Waals surface area contributed by atoms with Crippen LogP contribution in [-0.2, 0) is 4.74 Å². The van der Waals surface area contributed by atoms with E-state index in [1.807, 2.05) is 6.07 Å². The van der Waals surface area contributed by atoms with Gasteiger partial charge in [-0.1, -0.05) is 0 Å². The minimum atomic E-state index is -0.756. The number of aromatic nitrogens is 3. The van der Waals surface area contributed by atoms with Crippen LogP contribution in [0.2, 0.25) is 0 Å². The number of hydrogen-bond acceptors (Lipinski definition) is 6. The Hall–Kier alpha value is -2.21. The van der Waals surface area contributed by atoms with Gasteiger partial charge < -0.3 is 19.9 Å². The predicted molar refractivity (Wildman–Crippen MR) is 66.3 cm³/mol. The monoisotopic (exact) mass is 275 g/mol. The number of nitrogens with one attached hydrogen (secondary N) is 2. The molecule has 2 aromatic heterocycles. The van der Waals surface area contributed by atoms with E-state index in [2.05, 4.69) is 9.97 Å². The van der Waals surface area contributed by atoms with E-state index in [-0.39, 0.29) is 12.1 Å². The highest BCUT2D eigenvalue weighted by atomic mass is 16.5. The van der Waals surface area contributed by atoms with Crippen LogP contribution in [0.15, 0.2) is 12.5 Å². The van der Waals surface area contributed by atoms with Gasteiger partial charge in [-0.3, -0.25) is 9.98 Å². The van der Waals surface area contributed by atoms with Crippen molar-refractivity contribution < 1.29 is 14.9 Å². The number of fused-ring (bicyclic) bond motifs is 1. The molecule has 3 heterocycles. The summed E-state index contributed by atoms with van der Waals surface area (Å²) in [4.78, 5) is 6.87. The summed E-state index contributed by atoms with van der Waals surface area (Å²) >= 11 is 0. The molecule has 20 heavy (non-hydrogen) atoms. The van der Waals surface area contributed by atoms with E-state index < -0.39 is 18.4 Å². The van der Waals surface area contributed by atoms with Gasteiger partial charge >= 0.3 is 0 Å². The minimum absolute atomic E-state index is 0.00584. The minimum Gasteiger partial charge on any atom is -0.394 e. The first-order valence-corrected chi connectivity index (χ1v) is 6.13. The molecule has 0 spiro atoms. The molecular formula is C12H13N5O3. The van der Waals surface area contributed by atoms with Crippen LogP contribution < -0.4 is 5.49 Å². The van der Waals surface area contributed by atoms with Crippen LogP contribution in [-0.4, -0.2) is 43.6 Å². The highest BCUT2D eigenvalue weighted by molar-refractivity contribution is 5.81. The molecule has 1 saturated heterocycles. The van der Waals surface area contributed by atoms with Gasteiger partial charge in [0.1, 0.15) is 30.4 Å². The Balaban J connectivity index is 2.10. The molecule has 8 heteroatoms. The Morgan fingerprint density at radius 1 is 1.65 bits per heavy atom. The third-order valence-electron chi connectivity index (χ3n) is 3.48. The molecule has 1 fully saturated rings. The zero-order valence-corrected chi connectivity index (χ0v) is 10.4. The second-order valence-corrected chi connectivity index (χ2v) is 4.65. The Morgan fingerprint density at radius 3 is 3.10 bits per heavy atom. The topological polar surface area (TPSA) is 131 Å².